The summed E-state index contributed by atoms with van der Waals surface area (Å²) >= 11 is 0. The Morgan fingerprint density at radius 3 is 2.19 bits per heavy atom. The Hall–Kier alpha value is -6.72. The number of aromatic nitrogens is 1. The number of likely N-dealkylation sites (N-methyl/N-ethyl adjacent to an activating group) is 2. The fourth-order valence-electron chi connectivity index (χ4n) is 6.22. The van der Waals surface area contributed by atoms with Crippen molar-refractivity contribution < 1.29 is 43.1 Å². The molecule has 0 saturated heterocycles. The molecule has 18 nitrogen and oxygen atoms in total. The van der Waals surface area contributed by atoms with Gasteiger partial charge in [-0.3, -0.25) is 28.8 Å². The van der Waals surface area contributed by atoms with Crippen LogP contribution in [0.15, 0.2) is 66.9 Å². The third-order valence-corrected chi connectivity index (χ3v) is 10.0. The number of amides is 8. The number of ketones is 1. The number of hydrogen-bond acceptors (Lipinski definition) is 9. The molecule has 0 saturated carbocycles. The van der Waals surface area contributed by atoms with Gasteiger partial charge in [-0.2, -0.15) is 0 Å². The Labute approximate surface area is 362 Å². The van der Waals surface area contributed by atoms with E-state index in [0.29, 0.717) is 17.8 Å². The van der Waals surface area contributed by atoms with E-state index in [9.17, 15) is 38.4 Å². The molecule has 1 heterocycles. The highest BCUT2D eigenvalue weighted by molar-refractivity contribution is 5.98. The van der Waals surface area contributed by atoms with E-state index in [1.807, 2.05) is 31.2 Å². The summed E-state index contributed by atoms with van der Waals surface area (Å²) in [6.07, 6.45) is 5.60. The van der Waals surface area contributed by atoms with Crippen LogP contribution in [0.25, 0.3) is 10.9 Å². The number of aromatic amines is 1. The van der Waals surface area contributed by atoms with Gasteiger partial charge in [0.05, 0.1) is 0 Å². The zero-order chi connectivity index (χ0) is 45.6. The number of nitrogens with one attached hydrogen (secondary N) is 6. The van der Waals surface area contributed by atoms with E-state index in [4.69, 9.17) is 10.5 Å². The first-order valence-electron chi connectivity index (χ1n) is 20.7. The van der Waals surface area contributed by atoms with Gasteiger partial charge in [0.1, 0.15) is 24.5 Å². The molecule has 3 rings (SSSR count). The van der Waals surface area contributed by atoms with Gasteiger partial charge in [-0.1, -0.05) is 49.4 Å². The lowest BCUT2D eigenvalue weighted by Gasteiger charge is -2.23. The number of H-pyrrole nitrogens is 1. The molecule has 0 aliphatic heterocycles. The molecule has 62 heavy (non-hydrogen) atoms. The molecule has 0 aliphatic rings. The number of nitrogens with zero attached hydrogens (tertiary/aromatic N) is 2. The number of rotatable bonds is 25. The van der Waals surface area contributed by atoms with Gasteiger partial charge < -0.3 is 51.8 Å². The molecule has 0 bridgehead atoms. The average Bonchev–Trinajstić information content (AvgIpc) is 3.65. The number of allylic oxidation sites excluding steroid dienone is 2. The van der Waals surface area contributed by atoms with E-state index in [1.165, 1.54) is 16.7 Å². The highest BCUT2D eigenvalue weighted by Crippen LogP contribution is 2.20. The number of carbonyl (C=O) groups excluding carboxylic acids is 8. The third-order valence-electron chi connectivity index (χ3n) is 10.0. The summed E-state index contributed by atoms with van der Waals surface area (Å²) < 4.78 is 5.38. The maximum absolute atomic E-state index is 14.1. The molecular formula is C44H61N9O9. The summed E-state index contributed by atoms with van der Waals surface area (Å²) in [5.74, 6) is -2.32. The zero-order valence-corrected chi connectivity index (χ0v) is 36.2. The molecule has 3 aromatic rings. The second-order valence-electron chi connectivity index (χ2n) is 15.0. The summed E-state index contributed by atoms with van der Waals surface area (Å²) in [6, 6.07) is 11.1. The molecule has 1 unspecified atom stereocenters. The van der Waals surface area contributed by atoms with Crippen molar-refractivity contribution in [2.75, 3.05) is 45.6 Å². The summed E-state index contributed by atoms with van der Waals surface area (Å²) in [5, 5.41) is 14.4. The summed E-state index contributed by atoms with van der Waals surface area (Å²) in [4.78, 5) is 107. The molecule has 336 valence electrons. The zero-order valence-electron chi connectivity index (χ0n) is 36.2. The van der Waals surface area contributed by atoms with Crippen molar-refractivity contribution >= 4 is 64.0 Å². The molecule has 3 atom stereocenters. The number of hydrogen-bond donors (Lipinski definition) is 7. The van der Waals surface area contributed by atoms with E-state index in [1.54, 1.807) is 63.6 Å². The van der Waals surface area contributed by atoms with Crippen molar-refractivity contribution in [3.8, 4) is 0 Å². The number of Topliss-reactive ketones (excluding diaryl/α,β-unsaturated/α-hetero) is 1. The Balaban J connectivity index is 1.67. The van der Waals surface area contributed by atoms with Crippen LogP contribution in [0.2, 0.25) is 0 Å². The van der Waals surface area contributed by atoms with Crippen molar-refractivity contribution in [3.63, 3.8) is 0 Å². The third kappa shape index (κ3) is 17.5. The molecule has 0 spiro atoms. The van der Waals surface area contributed by atoms with Gasteiger partial charge in [-0.25, -0.2) is 9.59 Å². The van der Waals surface area contributed by atoms with Crippen molar-refractivity contribution in [3.05, 3.63) is 78.0 Å². The minimum Gasteiger partial charge on any atom is -0.445 e. The van der Waals surface area contributed by atoms with Gasteiger partial charge in [0.25, 0.3) is 0 Å². The van der Waals surface area contributed by atoms with E-state index >= 15 is 0 Å². The monoisotopic (exact) mass is 859 g/mol. The van der Waals surface area contributed by atoms with Crippen molar-refractivity contribution in [2.45, 2.75) is 84.4 Å². The first-order valence-corrected chi connectivity index (χ1v) is 20.7. The fourth-order valence-corrected chi connectivity index (χ4v) is 6.22. The van der Waals surface area contributed by atoms with E-state index < -0.39 is 41.9 Å². The molecule has 0 fully saturated rings. The lowest BCUT2D eigenvalue weighted by atomic mass is 10.0. The minimum absolute atomic E-state index is 0.00718. The van der Waals surface area contributed by atoms with Gasteiger partial charge in [0.15, 0.2) is 0 Å². The Morgan fingerprint density at radius 2 is 1.50 bits per heavy atom. The molecule has 0 aliphatic carbocycles. The predicted molar refractivity (Wildman–Crippen MR) is 234 cm³/mol. The molecule has 8 N–H and O–H groups in total. The number of benzene rings is 2. The van der Waals surface area contributed by atoms with Crippen molar-refractivity contribution in [2.24, 2.45) is 11.7 Å². The smallest absolute Gasteiger partial charge is 0.409 e. The van der Waals surface area contributed by atoms with Crippen LogP contribution in [0.5, 0.6) is 0 Å². The largest absolute Gasteiger partial charge is 0.445 e. The van der Waals surface area contributed by atoms with Crippen LogP contribution in [-0.2, 0) is 46.5 Å². The van der Waals surface area contributed by atoms with E-state index in [-0.39, 0.29) is 94.7 Å². The molecule has 1 aromatic heterocycles. The highest BCUT2D eigenvalue weighted by atomic mass is 16.6. The lowest BCUT2D eigenvalue weighted by molar-refractivity contribution is -0.131. The number of fused-ring (bicyclic) bond motifs is 1. The number of para-hydroxylation sites is 1. The Bertz CT molecular complexity index is 2030. The second-order valence-corrected chi connectivity index (χ2v) is 15.0. The lowest BCUT2D eigenvalue weighted by Crippen LogP contribution is -2.53. The molecule has 2 aromatic carbocycles. The first-order chi connectivity index (χ1) is 29.6. The van der Waals surface area contributed by atoms with Crippen LogP contribution in [0.4, 0.5) is 15.3 Å². The molecular weight excluding hydrogens is 799 g/mol. The summed E-state index contributed by atoms with van der Waals surface area (Å²) in [6.45, 7) is 5.99. The standard InChI is InChI=1S/C44H61N9O9/c1-6-11-29(2)38(55)21-23-46-39(56)15-9-16-40(57)50-37(26-32-27-48-35-13-8-7-12-34(32)35)42(59)51-36(14-10-22-47-43(45)60)41(58)49-33-19-17-31(18-20-33)28-62-44(61)53(5)25-24-52(4)30(3)54/h6-8,11-13,17-20,27,29,36-37,48H,9-10,14-16,21-26,28H2,1-5H3,(H,46,56)(H,49,58)(H,50,57)(H,51,59)(H3,45,47,60)/t29?,36-,37-/m0/s1. The van der Waals surface area contributed by atoms with Gasteiger partial charge in [-0.05, 0) is 55.5 Å². The average molecular weight is 860 g/mol. The molecule has 0 radical (unpaired) electrons. The Kier molecular flexibility index (Phi) is 20.7. The van der Waals surface area contributed by atoms with Gasteiger partial charge >= 0.3 is 12.1 Å². The van der Waals surface area contributed by atoms with Crippen LogP contribution in [0, 0.1) is 5.92 Å². The van der Waals surface area contributed by atoms with E-state index in [0.717, 1.165) is 16.5 Å². The normalized spacial score (nSPS) is 12.4. The quantitative estimate of drug-likeness (QED) is 0.0487. The predicted octanol–water partition coefficient (Wildman–Crippen LogP) is 3.27. The number of carbonyl (C=O) groups is 8. The van der Waals surface area contributed by atoms with Gasteiger partial charge in [0, 0.05) is 102 Å². The van der Waals surface area contributed by atoms with Crippen LogP contribution < -0.4 is 32.3 Å². The van der Waals surface area contributed by atoms with Crippen LogP contribution in [-0.4, -0.2) is 115 Å². The van der Waals surface area contributed by atoms with Gasteiger partial charge in [-0.15, -0.1) is 0 Å². The van der Waals surface area contributed by atoms with Crippen molar-refractivity contribution in [1.82, 2.24) is 36.1 Å². The van der Waals surface area contributed by atoms with Gasteiger partial charge in [0.2, 0.25) is 29.5 Å². The maximum Gasteiger partial charge on any atom is 0.409 e. The first kappa shape index (κ1) is 49.6. The fraction of sp³-hybridized carbons (Fsp3) is 0.455. The van der Waals surface area contributed by atoms with Crippen LogP contribution in [0.3, 0.4) is 0 Å². The number of anilines is 1. The number of nitrogens with two attached hydrogens (primary N) is 1. The number of primary amides is 1. The topological polar surface area (TPSA) is 254 Å². The molecule has 18 heteroatoms. The van der Waals surface area contributed by atoms with Crippen molar-refractivity contribution in [1.29, 1.82) is 0 Å². The SMILES string of the molecule is CC=CC(C)C(=O)CCNC(=O)CCCC(=O)N[C@@H](Cc1c[nH]c2ccccc12)C(=O)N[C@@H](CCCNC(N)=O)C(=O)Nc1ccc(COC(=O)N(C)CCN(C)C(C)=O)cc1. The summed E-state index contributed by atoms with van der Waals surface area (Å²) in [7, 11) is 3.21. The highest BCUT2D eigenvalue weighted by Gasteiger charge is 2.28. The second kappa shape index (κ2) is 25.8. The van der Waals surface area contributed by atoms with Crippen LogP contribution >= 0.6 is 0 Å². The maximum atomic E-state index is 14.1. The minimum atomic E-state index is -1.11. The van der Waals surface area contributed by atoms with E-state index in [2.05, 4.69) is 31.6 Å². The molecule has 8 amide bonds. The Morgan fingerprint density at radius 1 is 0.806 bits per heavy atom. The van der Waals surface area contributed by atoms with Crippen LogP contribution in [0.1, 0.15) is 70.4 Å². The summed E-state index contributed by atoms with van der Waals surface area (Å²) in [5.41, 5.74) is 7.85. The number of ether oxygens (including phenoxy) is 1. The number of urea groups is 1.